The first-order valence-electron chi connectivity index (χ1n) is 5.62. The Morgan fingerprint density at radius 1 is 1.35 bits per heavy atom. The number of aryl methyl sites for hydroxylation is 1. The van der Waals surface area contributed by atoms with E-state index in [1.54, 1.807) is 12.1 Å². The van der Waals surface area contributed by atoms with E-state index in [9.17, 15) is 13.2 Å². The van der Waals surface area contributed by atoms with Gasteiger partial charge in [0.25, 0.3) is 10.0 Å². The van der Waals surface area contributed by atoms with Crippen LogP contribution in [0.4, 0.5) is 5.13 Å². The smallest absolute Gasteiger partial charge is 0.309 e. The molecule has 0 aliphatic carbocycles. The number of nitrogens with zero attached hydrogens (tertiary/aromatic N) is 1. The van der Waals surface area contributed by atoms with Crippen LogP contribution in [0.2, 0.25) is 0 Å². The highest BCUT2D eigenvalue weighted by molar-refractivity contribution is 7.93. The summed E-state index contributed by atoms with van der Waals surface area (Å²) in [6, 6.07) is 6.41. The zero-order valence-electron chi connectivity index (χ0n) is 10.5. The van der Waals surface area contributed by atoms with E-state index in [0.717, 1.165) is 16.9 Å². The highest BCUT2D eigenvalue weighted by atomic mass is 32.2. The molecule has 20 heavy (non-hydrogen) atoms. The van der Waals surface area contributed by atoms with Crippen molar-refractivity contribution in [2.24, 2.45) is 0 Å². The molecule has 0 unspecified atom stereocenters. The third kappa shape index (κ3) is 3.55. The molecule has 2 aromatic rings. The zero-order valence-corrected chi connectivity index (χ0v) is 12.2. The molecule has 106 valence electrons. The van der Waals surface area contributed by atoms with Crippen molar-refractivity contribution in [3.8, 4) is 0 Å². The molecule has 0 amide bonds. The third-order valence-electron chi connectivity index (χ3n) is 2.44. The Kier molecular flexibility index (Phi) is 4.05. The Morgan fingerprint density at radius 3 is 2.60 bits per heavy atom. The number of benzene rings is 1. The first-order chi connectivity index (χ1) is 9.37. The fourth-order valence-electron chi connectivity index (χ4n) is 1.48. The summed E-state index contributed by atoms with van der Waals surface area (Å²) in [4.78, 5) is 14.6. The van der Waals surface area contributed by atoms with Gasteiger partial charge in [0.1, 0.15) is 0 Å². The second kappa shape index (κ2) is 5.59. The number of rotatable bonds is 5. The molecule has 2 N–H and O–H groups in total. The van der Waals surface area contributed by atoms with Crippen LogP contribution < -0.4 is 4.72 Å². The number of carboxylic acids is 1. The molecule has 6 nitrogen and oxygen atoms in total. The molecule has 8 heteroatoms. The van der Waals surface area contributed by atoms with Crippen LogP contribution in [0, 0.1) is 6.92 Å². The number of carboxylic acid groups (broad SMARTS) is 1. The molecule has 2 rings (SSSR count). The van der Waals surface area contributed by atoms with Gasteiger partial charge in [-0.1, -0.05) is 17.7 Å². The minimum Gasteiger partial charge on any atom is -0.481 e. The second-order valence-corrected chi connectivity index (χ2v) is 6.67. The molecule has 0 atom stereocenters. The lowest BCUT2D eigenvalue weighted by molar-refractivity contribution is -0.136. The number of hydrogen-bond donors (Lipinski definition) is 2. The van der Waals surface area contributed by atoms with E-state index in [0.29, 0.717) is 5.69 Å². The molecule has 0 aliphatic heterocycles. The van der Waals surface area contributed by atoms with Crippen molar-refractivity contribution in [3.63, 3.8) is 0 Å². The summed E-state index contributed by atoms with van der Waals surface area (Å²) in [7, 11) is -3.69. The third-order valence-corrected chi connectivity index (χ3v) is 4.73. The van der Waals surface area contributed by atoms with E-state index in [1.165, 1.54) is 17.5 Å². The van der Waals surface area contributed by atoms with Crippen LogP contribution in [0.15, 0.2) is 34.5 Å². The molecule has 0 spiro atoms. The van der Waals surface area contributed by atoms with E-state index in [-0.39, 0.29) is 16.4 Å². The summed E-state index contributed by atoms with van der Waals surface area (Å²) in [5.74, 6) is -1.01. The number of aliphatic carboxylic acids is 1. The van der Waals surface area contributed by atoms with Crippen LogP contribution in [-0.2, 0) is 21.2 Å². The summed E-state index contributed by atoms with van der Waals surface area (Å²) in [5.41, 5.74) is 1.28. The molecule has 1 aromatic heterocycles. The molecule has 0 saturated heterocycles. The van der Waals surface area contributed by atoms with Crippen molar-refractivity contribution in [2.45, 2.75) is 18.2 Å². The van der Waals surface area contributed by atoms with Crippen LogP contribution in [-0.4, -0.2) is 24.5 Å². The largest absolute Gasteiger partial charge is 0.481 e. The lowest BCUT2D eigenvalue weighted by Gasteiger charge is -2.05. The number of sulfonamides is 1. The maximum Gasteiger partial charge on any atom is 0.309 e. The van der Waals surface area contributed by atoms with Gasteiger partial charge < -0.3 is 5.11 Å². The Balaban J connectivity index is 2.18. The monoisotopic (exact) mass is 312 g/mol. The second-order valence-electron chi connectivity index (χ2n) is 4.13. The Bertz CT molecular complexity index is 720. The van der Waals surface area contributed by atoms with Gasteiger partial charge in [-0.2, -0.15) is 0 Å². The summed E-state index contributed by atoms with van der Waals surface area (Å²) < 4.78 is 26.5. The minimum atomic E-state index is -3.69. The number of anilines is 1. The van der Waals surface area contributed by atoms with Gasteiger partial charge in [0.05, 0.1) is 17.0 Å². The molecule has 0 radical (unpaired) electrons. The molecule has 0 saturated carbocycles. The van der Waals surface area contributed by atoms with Crippen LogP contribution in [0.1, 0.15) is 11.3 Å². The van der Waals surface area contributed by atoms with Crippen molar-refractivity contribution in [1.29, 1.82) is 0 Å². The Hall–Kier alpha value is -1.93. The molecule has 0 fully saturated rings. The predicted octanol–water partition coefficient (Wildman–Crippen LogP) is 1.88. The van der Waals surface area contributed by atoms with Crippen molar-refractivity contribution in [2.75, 3.05) is 4.72 Å². The van der Waals surface area contributed by atoms with Crippen molar-refractivity contribution in [1.82, 2.24) is 4.98 Å². The SMILES string of the molecule is Cc1ccc(S(=O)(=O)Nc2nc(CC(=O)O)cs2)cc1. The normalized spacial score (nSPS) is 11.2. The van der Waals surface area contributed by atoms with Gasteiger partial charge in [-0.05, 0) is 19.1 Å². The van der Waals surface area contributed by atoms with E-state index in [1.807, 2.05) is 6.92 Å². The van der Waals surface area contributed by atoms with E-state index in [4.69, 9.17) is 5.11 Å². The first-order valence-corrected chi connectivity index (χ1v) is 7.99. The molecular weight excluding hydrogens is 300 g/mol. The lowest BCUT2D eigenvalue weighted by Crippen LogP contribution is -2.13. The first kappa shape index (κ1) is 14.5. The molecular formula is C12H12N2O4S2. The number of aromatic nitrogens is 1. The molecule has 1 aromatic carbocycles. The number of thiazole rings is 1. The minimum absolute atomic E-state index is 0.137. The van der Waals surface area contributed by atoms with Gasteiger partial charge in [-0.15, -0.1) is 11.3 Å². The number of nitrogens with one attached hydrogen (secondary N) is 1. The standard InChI is InChI=1S/C12H12N2O4S2/c1-8-2-4-10(5-3-8)20(17,18)14-12-13-9(7-19-12)6-11(15)16/h2-5,7H,6H2,1H3,(H,13,14)(H,15,16). The summed E-state index contributed by atoms with van der Waals surface area (Å²) in [6.45, 7) is 1.86. The molecule has 0 aliphatic rings. The van der Waals surface area contributed by atoms with Gasteiger partial charge in [-0.3, -0.25) is 9.52 Å². The topological polar surface area (TPSA) is 96.4 Å². The van der Waals surface area contributed by atoms with E-state index >= 15 is 0 Å². The van der Waals surface area contributed by atoms with Gasteiger partial charge in [0, 0.05) is 5.38 Å². The molecule has 1 heterocycles. The Morgan fingerprint density at radius 2 is 2.00 bits per heavy atom. The lowest BCUT2D eigenvalue weighted by atomic mass is 10.2. The fourth-order valence-corrected chi connectivity index (χ4v) is 3.44. The maximum atomic E-state index is 12.1. The average molecular weight is 312 g/mol. The zero-order chi connectivity index (χ0) is 14.8. The highest BCUT2D eigenvalue weighted by Gasteiger charge is 2.16. The van der Waals surface area contributed by atoms with Gasteiger partial charge >= 0.3 is 5.97 Å². The van der Waals surface area contributed by atoms with Gasteiger partial charge in [-0.25, -0.2) is 13.4 Å². The van der Waals surface area contributed by atoms with Crippen LogP contribution in [0.25, 0.3) is 0 Å². The fraction of sp³-hybridized carbons (Fsp3) is 0.167. The van der Waals surface area contributed by atoms with Crippen LogP contribution in [0.5, 0.6) is 0 Å². The highest BCUT2D eigenvalue weighted by Crippen LogP contribution is 2.20. The maximum absolute atomic E-state index is 12.1. The van der Waals surface area contributed by atoms with Gasteiger partial charge in [0.15, 0.2) is 5.13 Å². The van der Waals surface area contributed by atoms with Crippen molar-refractivity contribution >= 4 is 32.5 Å². The van der Waals surface area contributed by atoms with Crippen LogP contribution >= 0.6 is 11.3 Å². The average Bonchev–Trinajstić information content (AvgIpc) is 2.75. The van der Waals surface area contributed by atoms with Crippen LogP contribution in [0.3, 0.4) is 0 Å². The van der Waals surface area contributed by atoms with E-state index in [2.05, 4.69) is 9.71 Å². The number of carbonyl (C=O) groups is 1. The Labute approximate surface area is 120 Å². The predicted molar refractivity (Wildman–Crippen MR) is 75.4 cm³/mol. The summed E-state index contributed by atoms with van der Waals surface area (Å²) in [6.07, 6.45) is -0.233. The summed E-state index contributed by atoms with van der Waals surface area (Å²) >= 11 is 1.05. The quantitative estimate of drug-likeness (QED) is 0.878. The van der Waals surface area contributed by atoms with Gasteiger partial charge in [0.2, 0.25) is 0 Å². The summed E-state index contributed by atoms with van der Waals surface area (Å²) in [5, 5.41) is 10.3. The van der Waals surface area contributed by atoms with Crippen molar-refractivity contribution < 1.29 is 18.3 Å². The number of hydrogen-bond acceptors (Lipinski definition) is 5. The van der Waals surface area contributed by atoms with Crippen molar-refractivity contribution in [3.05, 3.63) is 40.9 Å². The molecule has 0 bridgehead atoms. The van der Waals surface area contributed by atoms with E-state index < -0.39 is 16.0 Å².